The van der Waals surface area contributed by atoms with Crippen LogP contribution < -0.4 is 10.0 Å². The van der Waals surface area contributed by atoms with Gasteiger partial charge < -0.3 is 5.32 Å². The molecule has 0 spiro atoms. The molecule has 17 heavy (non-hydrogen) atoms. The van der Waals surface area contributed by atoms with Gasteiger partial charge in [-0.3, -0.25) is 4.79 Å². The van der Waals surface area contributed by atoms with Gasteiger partial charge in [0.05, 0.1) is 4.90 Å². The standard InChI is InChI=1S/C11H14N2O3S/c14-11-7-6-9(8-12-11)13-17(15,16)10-4-2-1-3-5-10/h1-5,9,13H,6-8H2,(H,12,14). The highest BCUT2D eigenvalue weighted by molar-refractivity contribution is 7.89. The molecular weight excluding hydrogens is 240 g/mol. The van der Waals surface area contributed by atoms with E-state index >= 15 is 0 Å². The summed E-state index contributed by atoms with van der Waals surface area (Å²) < 4.78 is 26.5. The fourth-order valence-electron chi connectivity index (χ4n) is 1.72. The van der Waals surface area contributed by atoms with Gasteiger partial charge in [-0.05, 0) is 18.6 Å². The van der Waals surface area contributed by atoms with Gasteiger partial charge in [0.15, 0.2) is 0 Å². The van der Waals surface area contributed by atoms with Crippen LogP contribution in [0.3, 0.4) is 0 Å². The van der Waals surface area contributed by atoms with E-state index in [1.54, 1.807) is 30.3 Å². The Balaban J connectivity index is 2.06. The van der Waals surface area contributed by atoms with Crippen molar-refractivity contribution in [1.29, 1.82) is 0 Å². The number of rotatable bonds is 3. The number of nitrogens with one attached hydrogen (secondary N) is 2. The first-order valence-corrected chi connectivity index (χ1v) is 6.90. The van der Waals surface area contributed by atoms with Crippen molar-refractivity contribution in [2.45, 2.75) is 23.8 Å². The molecule has 1 atom stereocenters. The Bertz CT molecular complexity index is 489. The molecule has 2 rings (SSSR count). The zero-order chi connectivity index (χ0) is 12.3. The summed E-state index contributed by atoms with van der Waals surface area (Å²) in [5.41, 5.74) is 0. The van der Waals surface area contributed by atoms with E-state index in [-0.39, 0.29) is 16.8 Å². The van der Waals surface area contributed by atoms with Crippen molar-refractivity contribution in [3.63, 3.8) is 0 Å². The van der Waals surface area contributed by atoms with Gasteiger partial charge in [-0.25, -0.2) is 13.1 Å². The minimum absolute atomic E-state index is 0.0276. The Morgan fingerprint density at radius 1 is 1.24 bits per heavy atom. The maximum Gasteiger partial charge on any atom is 0.240 e. The summed E-state index contributed by atoms with van der Waals surface area (Å²) in [6.45, 7) is 0.352. The molecule has 1 aromatic carbocycles. The van der Waals surface area contributed by atoms with Crippen molar-refractivity contribution in [2.75, 3.05) is 6.54 Å². The van der Waals surface area contributed by atoms with Crippen LogP contribution in [0.4, 0.5) is 0 Å². The SMILES string of the molecule is O=C1CCC(NS(=O)(=O)c2ccccc2)CN1. The van der Waals surface area contributed by atoms with Gasteiger partial charge in [0, 0.05) is 19.0 Å². The lowest BCUT2D eigenvalue weighted by Crippen LogP contribution is -2.47. The van der Waals surface area contributed by atoms with Crippen LogP contribution >= 0.6 is 0 Å². The Kier molecular flexibility index (Phi) is 3.44. The highest BCUT2D eigenvalue weighted by Crippen LogP contribution is 2.11. The highest BCUT2D eigenvalue weighted by Gasteiger charge is 2.23. The van der Waals surface area contributed by atoms with E-state index in [9.17, 15) is 13.2 Å². The fraction of sp³-hybridized carbons (Fsp3) is 0.364. The summed E-state index contributed by atoms with van der Waals surface area (Å²) in [6, 6.07) is 7.99. The number of piperidine rings is 1. The molecule has 5 nitrogen and oxygen atoms in total. The third-order valence-electron chi connectivity index (χ3n) is 2.64. The van der Waals surface area contributed by atoms with E-state index in [0.29, 0.717) is 19.4 Å². The van der Waals surface area contributed by atoms with E-state index in [1.165, 1.54) is 0 Å². The summed E-state index contributed by atoms with van der Waals surface area (Å²) in [5, 5.41) is 2.64. The smallest absolute Gasteiger partial charge is 0.240 e. The van der Waals surface area contributed by atoms with E-state index in [0.717, 1.165) is 0 Å². The summed E-state index contributed by atoms with van der Waals surface area (Å²) >= 11 is 0. The van der Waals surface area contributed by atoms with Gasteiger partial charge in [0.25, 0.3) is 0 Å². The average Bonchev–Trinajstić information content (AvgIpc) is 2.33. The first-order chi connectivity index (χ1) is 8.08. The molecule has 0 aliphatic carbocycles. The topological polar surface area (TPSA) is 75.3 Å². The van der Waals surface area contributed by atoms with Gasteiger partial charge in [-0.15, -0.1) is 0 Å². The van der Waals surface area contributed by atoms with E-state index in [4.69, 9.17) is 0 Å². The molecule has 92 valence electrons. The van der Waals surface area contributed by atoms with Gasteiger partial charge in [-0.2, -0.15) is 0 Å². The Morgan fingerprint density at radius 2 is 1.94 bits per heavy atom. The van der Waals surface area contributed by atoms with Crippen LogP contribution in [0.1, 0.15) is 12.8 Å². The van der Waals surface area contributed by atoms with Crippen LogP contribution in [-0.4, -0.2) is 26.9 Å². The summed E-state index contributed by atoms with van der Waals surface area (Å²) in [6.07, 6.45) is 0.903. The van der Waals surface area contributed by atoms with Gasteiger partial charge >= 0.3 is 0 Å². The summed E-state index contributed by atoms with van der Waals surface area (Å²) in [5.74, 6) is -0.0276. The van der Waals surface area contributed by atoms with Gasteiger partial charge in [-0.1, -0.05) is 18.2 Å². The number of amides is 1. The number of carbonyl (C=O) groups excluding carboxylic acids is 1. The first-order valence-electron chi connectivity index (χ1n) is 5.42. The second-order valence-electron chi connectivity index (χ2n) is 3.97. The van der Waals surface area contributed by atoms with Crippen LogP contribution in [-0.2, 0) is 14.8 Å². The molecule has 2 N–H and O–H groups in total. The van der Waals surface area contributed by atoms with Crippen LogP contribution in [0.15, 0.2) is 35.2 Å². The highest BCUT2D eigenvalue weighted by atomic mass is 32.2. The van der Waals surface area contributed by atoms with Crippen molar-refractivity contribution < 1.29 is 13.2 Å². The zero-order valence-corrected chi connectivity index (χ0v) is 10.0. The van der Waals surface area contributed by atoms with Crippen molar-refractivity contribution >= 4 is 15.9 Å². The largest absolute Gasteiger partial charge is 0.355 e. The second-order valence-corrected chi connectivity index (χ2v) is 5.69. The molecule has 1 unspecified atom stereocenters. The summed E-state index contributed by atoms with van der Waals surface area (Å²) in [7, 11) is -3.48. The minimum atomic E-state index is -3.48. The van der Waals surface area contributed by atoms with Gasteiger partial charge in [0.1, 0.15) is 0 Å². The third kappa shape index (κ3) is 3.04. The van der Waals surface area contributed by atoms with E-state index < -0.39 is 10.0 Å². The molecule has 1 aliphatic rings. The van der Waals surface area contributed by atoms with Crippen LogP contribution in [0.25, 0.3) is 0 Å². The molecule has 0 bridgehead atoms. The lowest BCUT2D eigenvalue weighted by atomic mass is 10.1. The fourth-order valence-corrected chi connectivity index (χ4v) is 3.01. The predicted molar refractivity (Wildman–Crippen MR) is 62.8 cm³/mol. The monoisotopic (exact) mass is 254 g/mol. The Labute approximate surface area is 100 Å². The molecule has 6 heteroatoms. The number of carbonyl (C=O) groups is 1. The van der Waals surface area contributed by atoms with Crippen LogP contribution in [0.5, 0.6) is 0 Å². The molecule has 1 heterocycles. The molecule has 1 saturated heterocycles. The van der Waals surface area contributed by atoms with Crippen molar-refractivity contribution in [3.05, 3.63) is 30.3 Å². The first kappa shape index (κ1) is 12.1. The molecule has 1 aliphatic heterocycles. The number of benzene rings is 1. The molecule has 0 radical (unpaired) electrons. The Morgan fingerprint density at radius 3 is 2.53 bits per heavy atom. The number of sulfonamides is 1. The molecule has 0 saturated carbocycles. The van der Waals surface area contributed by atoms with Crippen LogP contribution in [0.2, 0.25) is 0 Å². The quantitative estimate of drug-likeness (QED) is 0.811. The molecule has 0 aromatic heterocycles. The van der Waals surface area contributed by atoms with Crippen molar-refractivity contribution in [3.8, 4) is 0 Å². The normalized spacial score (nSPS) is 20.9. The maximum atomic E-state index is 12.0. The van der Waals surface area contributed by atoms with Gasteiger partial charge in [0.2, 0.25) is 15.9 Å². The average molecular weight is 254 g/mol. The third-order valence-corrected chi connectivity index (χ3v) is 4.18. The molecule has 1 aromatic rings. The molecule has 1 amide bonds. The lowest BCUT2D eigenvalue weighted by molar-refractivity contribution is -0.122. The molecule has 1 fully saturated rings. The maximum absolute atomic E-state index is 12.0. The van der Waals surface area contributed by atoms with E-state index in [2.05, 4.69) is 10.0 Å². The van der Waals surface area contributed by atoms with Crippen molar-refractivity contribution in [1.82, 2.24) is 10.0 Å². The second kappa shape index (κ2) is 4.85. The number of hydrogen-bond donors (Lipinski definition) is 2. The van der Waals surface area contributed by atoms with E-state index in [1.807, 2.05) is 0 Å². The summed E-state index contributed by atoms with van der Waals surface area (Å²) in [4.78, 5) is 11.2. The minimum Gasteiger partial charge on any atom is -0.355 e. The van der Waals surface area contributed by atoms with Crippen LogP contribution in [0, 0.1) is 0 Å². The zero-order valence-electron chi connectivity index (χ0n) is 9.22. The Hall–Kier alpha value is -1.40. The number of hydrogen-bond acceptors (Lipinski definition) is 3. The lowest BCUT2D eigenvalue weighted by Gasteiger charge is -2.23. The molecular formula is C11H14N2O3S. The predicted octanol–water partition coefficient (Wildman–Crippen LogP) is 0.243. The van der Waals surface area contributed by atoms with Crippen molar-refractivity contribution in [2.24, 2.45) is 0 Å².